The van der Waals surface area contributed by atoms with Gasteiger partial charge in [-0.1, -0.05) is 6.08 Å². The van der Waals surface area contributed by atoms with Crippen LogP contribution in [0.1, 0.15) is 6.92 Å². The Morgan fingerprint density at radius 2 is 2.50 bits per heavy atom. The van der Waals surface area contributed by atoms with Crippen molar-refractivity contribution < 1.29 is 9.63 Å². The summed E-state index contributed by atoms with van der Waals surface area (Å²) in [6.07, 6.45) is 2.69. The second kappa shape index (κ2) is 3.88. The number of carbonyl (C=O) groups is 1. The van der Waals surface area contributed by atoms with Crippen LogP contribution in [0.4, 0.5) is 0 Å². The maximum atomic E-state index is 10.1. The minimum Gasteiger partial charge on any atom is -0.238 e. The van der Waals surface area contributed by atoms with E-state index in [1.54, 1.807) is 6.92 Å². The normalized spacial score (nSPS) is 8.50. The predicted molar refractivity (Wildman–Crippen MR) is 27.5 cm³/mol. The molecule has 0 aromatic heterocycles. The Morgan fingerprint density at radius 3 is 2.88 bits per heavy atom. The summed E-state index contributed by atoms with van der Waals surface area (Å²) in [6, 6.07) is 0. The van der Waals surface area contributed by atoms with Crippen molar-refractivity contribution in [2.75, 3.05) is 0 Å². The van der Waals surface area contributed by atoms with Crippen LogP contribution in [-0.4, -0.2) is 5.97 Å². The molecule has 0 spiro atoms. The van der Waals surface area contributed by atoms with E-state index in [2.05, 4.69) is 9.85 Å². The molecular weight excluding hydrogens is 106 g/mol. The van der Waals surface area contributed by atoms with Crippen molar-refractivity contribution in [2.45, 2.75) is 6.92 Å². The summed E-state index contributed by atoms with van der Waals surface area (Å²) in [5.74, 6) is -0.623. The van der Waals surface area contributed by atoms with E-state index in [9.17, 15) is 4.79 Å². The summed E-state index contributed by atoms with van der Waals surface area (Å²) in [4.78, 5) is 14.0. The molecule has 0 rings (SSSR count). The minimum absolute atomic E-state index is 0.623. The average molecular weight is 111 g/mol. The van der Waals surface area contributed by atoms with Gasteiger partial charge >= 0.3 is 5.97 Å². The molecular formula is C5H5NO2. The lowest BCUT2D eigenvalue weighted by atomic mass is 10.5. The third-order valence-electron chi connectivity index (χ3n) is 0.438. The highest BCUT2D eigenvalue weighted by atomic mass is 16.7. The summed E-state index contributed by atoms with van der Waals surface area (Å²) in [5, 5.41) is 2.40. The zero-order valence-electron chi connectivity index (χ0n) is 4.42. The molecule has 0 unspecified atom stereocenters. The first-order valence-corrected chi connectivity index (χ1v) is 2.01. The first kappa shape index (κ1) is 6.70. The van der Waals surface area contributed by atoms with Gasteiger partial charge in [-0.2, -0.15) is 6.57 Å². The monoisotopic (exact) mass is 111 g/mol. The smallest absolute Gasteiger partial charge is 0.238 e. The second-order valence-corrected chi connectivity index (χ2v) is 1.00. The molecule has 3 nitrogen and oxygen atoms in total. The van der Waals surface area contributed by atoms with Gasteiger partial charge in [-0.05, 0) is 11.9 Å². The van der Waals surface area contributed by atoms with Gasteiger partial charge in [0.05, 0.1) is 0 Å². The van der Waals surface area contributed by atoms with Crippen LogP contribution >= 0.6 is 0 Å². The average Bonchev–Trinajstić information content (AvgIpc) is 1.68. The van der Waals surface area contributed by atoms with E-state index in [-0.39, 0.29) is 0 Å². The highest BCUT2D eigenvalue weighted by Gasteiger charge is 1.95. The second-order valence-electron chi connectivity index (χ2n) is 1.00. The lowest BCUT2D eigenvalue weighted by Crippen LogP contribution is -1.89. The van der Waals surface area contributed by atoms with E-state index >= 15 is 0 Å². The van der Waals surface area contributed by atoms with Gasteiger partial charge in [0.15, 0.2) is 0 Å². The lowest BCUT2D eigenvalue weighted by Gasteiger charge is -1.73. The molecule has 0 aliphatic rings. The molecule has 0 fully saturated rings. The fourth-order valence-corrected chi connectivity index (χ4v) is 0.211. The molecule has 0 saturated carbocycles. The summed E-state index contributed by atoms with van der Waals surface area (Å²) in [5.41, 5.74) is 0. The molecule has 3 heteroatoms. The van der Waals surface area contributed by atoms with Crippen molar-refractivity contribution in [1.29, 1.82) is 0 Å². The van der Waals surface area contributed by atoms with Crippen LogP contribution in [0.5, 0.6) is 0 Å². The van der Waals surface area contributed by atoms with E-state index in [0.29, 0.717) is 0 Å². The van der Waals surface area contributed by atoms with Crippen molar-refractivity contribution in [3.8, 4) is 0 Å². The minimum atomic E-state index is -0.623. The quantitative estimate of drug-likeness (QED) is 0.286. The topological polar surface area (TPSA) is 30.7 Å². The third-order valence-corrected chi connectivity index (χ3v) is 0.438. The van der Waals surface area contributed by atoms with Gasteiger partial charge < -0.3 is 0 Å². The number of carbonyl (C=O) groups excluding carboxylic acids is 1. The standard InChI is InChI=1S/C5H5NO2/c1-3-4-5(7)8-6-2/h3-4H,1H3. The molecule has 0 saturated heterocycles. The molecule has 0 radical (unpaired) electrons. The van der Waals surface area contributed by atoms with E-state index in [1.807, 2.05) is 0 Å². The fraction of sp³-hybridized carbons (Fsp3) is 0.200. The number of rotatable bonds is 1. The van der Waals surface area contributed by atoms with Crippen molar-refractivity contribution in [2.24, 2.45) is 0 Å². The molecule has 0 amide bonds. The highest BCUT2D eigenvalue weighted by molar-refractivity contribution is 5.81. The maximum Gasteiger partial charge on any atom is 0.418 e. The number of hydrogen-bond donors (Lipinski definition) is 0. The van der Waals surface area contributed by atoms with Crippen LogP contribution in [0.25, 0.3) is 5.01 Å². The van der Waals surface area contributed by atoms with Gasteiger partial charge in [-0.3, -0.25) is 0 Å². The summed E-state index contributed by atoms with van der Waals surface area (Å²) in [7, 11) is 0. The van der Waals surface area contributed by atoms with Gasteiger partial charge in [0.2, 0.25) is 0 Å². The molecule has 0 heterocycles. The van der Waals surface area contributed by atoms with E-state index in [1.165, 1.54) is 12.2 Å². The van der Waals surface area contributed by atoms with Gasteiger partial charge in [0.25, 0.3) is 0 Å². The number of nitrogens with zero attached hydrogens (tertiary/aromatic N) is 1. The van der Waals surface area contributed by atoms with Crippen LogP contribution in [0, 0.1) is 6.57 Å². The van der Waals surface area contributed by atoms with Gasteiger partial charge in [0.1, 0.15) is 0 Å². The molecule has 0 aromatic rings. The van der Waals surface area contributed by atoms with Crippen molar-refractivity contribution in [3.63, 3.8) is 0 Å². The molecule has 42 valence electrons. The van der Waals surface area contributed by atoms with Gasteiger partial charge in [-0.15, -0.1) is 4.84 Å². The largest absolute Gasteiger partial charge is 0.418 e. The number of allylic oxidation sites excluding steroid dienone is 1. The van der Waals surface area contributed by atoms with Crippen molar-refractivity contribution in [1.82, 2.24) is 0 Å². The SMILES string of the molecule is [C-]#[N+]OC(=O)C=CC. The molecule has 8 heavy (non-hydrogen) atoms. The summed E-state index contributed by atoms with van der Waals surface area (Å²) < 4.78 is 0. The Balaban J connectivity index is 3.53. The predicted octanol–water partition coefficient (Wildman–Crippen LogP) is 0.940. The Labute approximate surface area is 47.3 Å². The molecule has 0 aromatic carbocycles. The third kappa shape index (κ3) is 2.91. The molecule has 0 bridgehead atoms. The first-order valence-electron chi connectivity index (χ1n) is 2.01. The van der Waals surface area contributed by atoms with E-state index < -0.39 is 5.97 Å². The van der Waals surface area contributed by atoms with Crippen molar-refractivity contribution >= 4 is 5.97 Å². The van der Waals surface area contributed by atoms with Crippen LogP contribution in [0.15, 0.2) is 12.2 Å². The Morgan fingerprint density at radius 1 is 1.88 bits per heavy atom. The maximum absolute atomic E-state index is 10.1. The van der Waals surface area contributed by atoms with Crippen LogP contribution < -0.4 is 0 Å². The Bertz CT molecular complexity index is 143. The first-order chi connectivity index (χ1) is 3.81. The molecule has 0 atom stereocenters. The van der Waals surface area contributed by atoms with Crippen LogP contribution in [0.2, 0.25) is 0 Å². The van der Waals surface area contributed by atoms with Crippen molar-refractivity contribution in [3.05, 3.63) is 23.7 Å². The van der Waals surface area contributed by atoms with E-state index in [0.717, 1.165) is 0 Å². The lowest BCUT2D eigenvalue weighted by molar-refractivity contribution is -0.132. The molecule has 0 N–H and O–H groups in total. The van der Waals surface area contributed by atoms with E-state index in [4.69, 9.17) is 6.57 Å². The summed E-state index contributed by atoms with van der Waals surface area (Å²) >= 11 is 0. The number of hydrogen-bond acceptors (Lipinski definition) is 2. The Kier molecular flexibility index (Phi) is 3.25. The zero-order chi connectivity index (χ0) is 6.41. The Hall–Kier alpha value is -1.30. The van der Waals surface area contributed by atoms with Crippen LogP contribution in [-0.2, 0) is 9.63 Å². The van der Waals surface area contributed by atoms with Gasteiger partial charge in [0, 0.05) is 6.08 Å². The highest BCUT2D eigenvalue weighted by Crippen LogP contribution is 1.79. The fourth-order valence-electron chi connectivity index (χ4n) is 0.211. The summed E-state index contributed by atoms with van der Waals surface area (Å²) in [6.45, 7) is 7.73. The zero-order valence-corrected chi connectivity index (χ0v) is 4.42. The molecule has 0 aliphatic carbocycles. The van der Waals surface area contributed by atoms with Gasteiger partial charge in [-0.25, -0.2) is 4.79 Å². The molecule has 0 aliphatic heterocycles. The van der Waals surface area contributed by atoms with Crippen LogP contribution in [0.3, 0.4) is 0 Å².